The third-order valence-corrected chi connectivity index (χ3v) is 3.07. The van der Waals surface area contributed by atoms with E-state index in [2.05, 4.69) is 5.32 Å². The molecule has 0 aliphatic carbocycles. The highest BCUT2D eigenvalue weighted by atomic mass is 35.5. The smallest absolute Gasteiger partial charge is 0.123 e. The van der Waals surface area contributed by atoms with Crippen LogP contribution in [0.2, 0.25) is 0 Å². The normalized spacial score (nSPS) is 17.8. The molecule has 1 aliphatic rings. The molecule has 1 aromatic rings. The van der Waals surface area contributed by atoms with Crippen molar-refractivity contribution in [1.29, 1.82) is 0 Å². The van der Waals surface area contributed by atoms with Crippen LogP contribution in [0.3, 0.4) is 0 Å². The standard InChI is InChI=1S/C12H17FN2.2ClH/c13-11-3-1-10(2-4-11)9-12(14)5-7-15-8-6-12;;/h1-4,15H,5-9,14H2;2*1H. The first kappa shape index (κ1) is 16.6. The lowest BCUT2D eigenvalue weighted by molar-refractivity contribution is 0.308. The van der Waals surface area contributed by atoms with E-state index < -0.39 is 0 Å². The average Bonchev–Trinajstić information content (AvgIpc) is 2.22. The summed E-state index contributed by atoms with van der Waals surface area (Å²) >= 11 is 0. The summed E-state index contributed by atoms with van der Waals surface area (Å²) in [6.45, 7) is 1.97. The number of nitrogens with one attached hydrogen (secondary N) is 1. The number of halogens is 3. The number of hydrogen-bond donors (Lipinski definition) is 2. The van der Waals surface area contributed by atoms with E-state index in [9.17, 15) is 4.39 Å². The Morgan fingerprint density at radius 1 is 1.12 bits per heavy atom. The zero-order valence-electron chi connectivity index (χ0n) is 9.62. The van der Waals surface area contributed by atoms with Gasteiger partial charge in [0.15, 0.2) is 0 Å². The van der Waals surface area contributed by atoms with Gasteiger partial charge in [-0.15, -0.1) is 24.8 Å². The molecule has 0 bridgehead atoms. The van der Waals surface area contributed by atoms with Gasteiger partial charge in [0, 0.05) is 5.54 Å². The van der Waals surface area contributed by atoms with E-state index in [4.69, 9.17) is 5.73 Å². The molecule has 0 saturated carbocycles. The van der Waals surface area contributed by atoms with Gasteiger partial charge in [0.1, 0.15) is 5.82 Å². The Labute approximate surface area is 114 Å². The molecule has 0 spiro atoms. The van der Waals surface area contributed by atoms with Crippen molar-refractivity contribution >= 4 is 24.8 Å². The van der Waals surface area contributed by atoms with Gasteiger partial charge in [-0.1, -0.05) is 12.1 Å². The molecule has 2 nitrogen and oxygen atoms in total. The van der Waals surface area contributed by atoms with Gasteiger partial charge in [-0.25, -0.2) is 4.39 Å². The van der Waals surface area contributed by atoms with Crippen molar-refractivity contribution < 1.29 is 4.39 Å². The molecule has 0 atom stereocenters. The first-order valence-corrected chi connectivity index (χ1v) is 5.42. The molecule has 17 heavy (non-hydrogen) atoms. The van der Waals surface area contributed by atoms with E-state index in [0.29, 0.717) is 0 Å². The molecule has 1 heterocycles. The monoisotopic (exact) mass is 280 g/mol. The van der Waals surface area contributed by atoms with Gasteiger partial charge in [-0.3, -0.25) is 0 Å². The zero-order valence-corrected chi connectivity index (χ0v) is 11.2. The van der Waals surface area contributed by atoms with Crippen LogP contribution >= 0.6 is 24.8 Å². The molecule has 1 aliphatic heterocycles. The van der Waals surface area contributed by atoms with Crippen molar-refractivity contribution in [2.24, 2.45) is 5.73 Å². The van der Waals surface area contributed by atoms with Crippen LogP contribution in [0.1, 0.15) is 18.4 Å². The van der Waals surface area contributed by atoms with Gasteiger partial charge in [0.25, 0.3) is 0 Å². The summed E-state index contributed by atoms with van der Waals surface area (Å²) in [5, 5.41) is 3.29. The molecule has 0 aromatic heterocycles. The van der Waals surface area contributed by atoms with Crippen molar-refractivity contribution in [3.8, 4) is 0 Å². The van der Waals surface area contributed by atoms with Crippen LogP contribution in [-0.2, 0) is 6.42 Å². The summed E-state index contributed by atoms with van der Waals surface area (Å²) in [7, 11) is 0. The number of nitrogens with two attached hydrogens (primary N) is 1. The van der Waals surface area contributed by atoms with Crippen molar-refractivity contribution in [2.45, 2.75) is 24.8 Å². The lowest BCUT2D eigenvalue weighted by atomic mass is 9.83. The number of hydrogen-bond acceptors (Lipinski definition) is 2. The fourth-order valence-corrected chi connectivity index (χ4v) is 2.11. The molecule has 98 valence electrons. The van der Waals surface area contributed by atoms with E-state index in [-0.39, 0.29) is 36.2 Å². The van der Waals surface area contributed by atoms with Crippen LogP contribution in [0.5, 0.6) is 0 Å². The Hall–Kier alpha value is -0.350. The zero-order chi connectivity index (χ0) is 10.7. The Morgan fingerprint density at radius 3 is 2.18 bits per heavy atom. The Kier molecular flexibility index (Phi) is 7.02. The SMILES string of the molecule is Cl.Cl.NC1(Cc2ccc(F)cc2)CCNCC1. The summed E-state index contributed by atoms with van der Waals surface area (Å²) in [5.74, 6) is -0.185. The Balaban J connectivity index is 0.00000128. The van der Waals surface area contributed by atoms with Crippen LogP contribution in [0.25, 0.3) is 0 Å². The summed E-state index contributed by atoms with van der Waals surface area (Å²) < 4.78 is 12.7. The van der Waals surface area contributed by atoms with Gasteiger partial charge in [0.05, 0.1) is 0 Å². The highest BCUT2D eigenvalue weighted by Gasteiger charge is 2.27. The fourth-order valence-electron chi connectivity index (χ4n) is 2.11. The topological polar surface area (TPSA) is 38.0 Å². The van der Waals surface area contributed by atoms with Crippen molar-refractivity contribution in [3.63, 3.8) is 0 Å². The first-order chi connectivity index (χ1) is 7.18. The van der Waals surface area contributed by atoms with Crippen LogP contribution in [0.4, 0.5) is 4.39 Å². The largest absolute Gasteiger partial charge is 0.325 e. The lowest BCUT2D eigenvalue weighted by Crippen LogP contribution is -2.50. The predicted molar refractivity (Wildman–Crippen MR) is 73.6 cm³/mol. The van der Waals surface area contributed by atoms with E-state index in [1.807, 2.05) is 12.1 Å². The molecular weight excluding hydrogens is 262 g/mol. The predicted octanol–water partition coefficient (Wildman–Crippen LogP) is 2.29. The summed E-state index contributed by atoms with van der Waals surface area (Å²) in [5.41, 5.74) is 7.31. The third kappa shape index (κ3) is 4.80. The van der Waals surface area contributed by atoms with E-state index in [0.717, 1.165) is 37.9 Å². The van der Waals surface area contributed by atoms with Crippen LogP contribution in [0, 0.1) is 5.82 Å². The summed E-state index contributed by atoms with van der Waals surface area (Å²) in [6.07, 6.45) is 2.82. The quantitative estimate of drug-likeness (QED) is 0.873. The highest BCUT2D eigenvalue weighted by Crippen LogP contribution is 2.20. The summed E-state index contributed by atoms with van der Waals surface area (Å²) in [4.78, 5) is 0. The number of rotatable bonds is 2. The second-order valence-electron chi connectivity index (χ2n) is 4.42. The van der Waals surface area contributed by atoms with Crippen molar-refractivity contribution in [2.75, 3.05) is 13.1 Å². The van der Waals surface area contributed by atoms with Crippen LogP contribution in [0.15, 0.2) is 24.3 Å². The number of benzene rings is 1. The number of piperidine rings is 1. The van der Waals surface area contributed by atoms with Gasteiger partial charge < -0.3 is 11.1 Å². The van der Waals surface area contributed by atoms with E-state index in [1.54, 1.807) is 0 Å². The molecule has 1 aromatic carbocycles. The van der Waals surface area contributed by atoms with Gasteiger partial charge in [0.2, 0.25) is 0 Å². The maximum atomic E-state index is 12.7. The third-order valence-electron chi connectivity index (χ3n) is 3.07. The highest BCUT2D eigenvalue weighted by molar-refractivity contribution is 5.85. The molecule has 3 N–H and O–H groups in total. The molecule has 0 amide bonds. The molecular formula is C12H19Cl2FN2. The van der Waals surface area contributed by atoms with Crippen LogP contribution in [-0.4, -0.2) is 18.6 Å². The maximum Gasteiger partial charge on any atom is 0.123 e. The van der Waals surface area contributed by atoms with Gasteiger partial charge >= 0.3 is 0 Å². The van der Waals surface area contributed by atoms with Crippen molar-refractivity contribution in [1.82, 2.24) is 5.32 Å². The van der Waals surface area contributed by atoms with E-state index in [1.165, 1.54) is 12.1 Å². The molecule has 5 heteroatoms. The maximum absolute atomic E-state index is 12.7. The fraction of sp³-hybridized carbons (Fsp3) is 0.500. The van der Waals surface area contributed by atoms with E-state index >= 15 is 0 Å². The minimum absolute atomic E-state index is 0. The Morgan fingerprint density at radius 2 is 1.65 bits per heavy atom. The molecule has 1 fully saturated rings. The molecule has 2 rings (SSSR count). The molecule has 0 radical (unpaired) electrons. The average molecular weight is 281 g/mol. The minimum Gasteiger partial charge on any atom is -0.325 e. The van der Waals surface area contributed by atoms with Gasteiger partial charge in [-0.2, -0.15) is 0 Å². The minimum atomic E-state index is -0.185. The molecule has 0 unspecified atom stereocenters. The lowest BCUT2D eigenvalue weighted by Gasteiger charge is -2.34. The van der Waals surface area contributed by atoms with Crippen molar-refractivity contribution in [3.05, 3.63) is 35.6 Å². The summed E-state index contributed by atoms with van der Waals surface area (Å²) in [6, 6.07) is 6.65. The second kappa shape index (κ2) is 7.17. The molecule has 1 saturated heterocycles. The Bertz CT molecular complexity index is 324. The van der Waals surface area contributed by atoms with Gasteiger partial charge in [-0.05, 0) is 50.0 Å². The first-order valence-electron chi connectivity index (χ1n) is 5.42. The van der Waals surface area contributed by atoms with Crippen LogP contribution < -0.4 is 11.1 Å². The second-order valence-corrected chi connectivity index (χ2v) is 4.42.